The van der Waals surface area contributed by atoms with E-state index in [2.05, 4.69) is 10.5 Å². The molecule has 0 aliphatic rings. The number of aromatic nitrogens is 1. The molecule has 6 nitrogen and oxygen atoms in total. The minimum Gasteiger partial charge on any atom is -0.356 e. The van der Waals surface area contributed by atoms with Gasteiger partial charge < -0.3 is 4.98 Å². The fourth-order valence-corrected chi connectivity index (χ4v) is 1.33. The molecular formula is C8H11FN2O4S. The van der Waals surface area contributed by atoms with Crippen LogP contribution in [-0.2, 0) is 15.1 Å². The average Bonchev–Trinajstić information content (AvgIpc) is 2.61. The van der Waals surface area contributed by atoms with Gasteiger partial charge in [-0.05, 0) is 19.9 Å². The maximum atomic E-state index is 12.5. The Morgan fingerprint density at radius 2 is 2.19 bits per heavy atom. The van der Waals surface area contributed by atoms with Crippen molar-refractivity contribution >= 4 is 16.1 Å². The molecule has 1 rings (SSSR count). The number of rotatable bonds is 4. The summed E-state index contributed by atoms with van der Waals surface area (Å²) in [5, 5.41) is 0. The molecule has 0 radical (unpaired) electrons. The fraction of sp³-hybridized carbons (Fsp3) is 0.375. The third-order valence-electron chi connectivity index (χ3n) is 1.57. The smallest absolute Gasteiger partial charge is 0.333 e. The van der Waals surface area contributed by atoms with Crippen molar-refractivity contribution < 1.29 is 21.9 Å². The van der Waals surface area contributed by atoms with Crippen molar-refractivity contribution in [2.75, 3.05) is 0 Å². The third-order valence-corrected chi connectivity index (χ3v) is 2.37. The van der Waals surface area contributed by atoms with Gasteiger partial charge in [-0.15, -0.1) is 3.89 Å². The molecule has 16 heavy (non-hydrogen) atoms. The fourth-order valence-electron chi connectivity index (χ4n) is 0.873. The van der Waals surface area contributed by atoms with Gasteiger partial charge in [-0.25, -0.2) is 5.48 Å². The molecule has 8 heteroatoms. The number of hydrogen-bond donors (Lipinski definition) is 2. The van der Waals surface area contributed by atoms with Crippen LogP contribution in [0.25, 0.3) is 0 Å². The molecule has 0 bridgehead atoms. The molecule has 0 aliphatic heterocycles. The zero-order chi connectivity index (χ0) is 12.3. The minimum absolute atomic E-state index is 0.100. The number of aromatic amines is 1. The first-order chi connectivity index (χ1) is 7.30. The Kier molecular flexibility index (Phi) is 3.66. The van der Waals surface area contributed by atoms with Gasteiger partial charge in [0.25, 0.3) is 5.91 Å². The average molecular weight is 250 g/mol. The Morgan fingerprint density at radius 3 is 2.62 bits per heavy atom. The van der Waals surface area contributed by atoms with Crippen molar-refractivity contribution in [1.29, 1.82) is 0 Å². The highest BCUT2D eigenvalue weighted by Gasteiger charge is 2.17. The van der Waals surface area contributed by atoms with Crippen LogP contribution >= 0.6 is 0 Å². The van der Waals surface area contributed by atoms with E-state index in [0.717, 1.165) is 12.3 Å². The second-order valence-electron chi connectivity index (χ2n) is 3.28. The molecule has 0 atom stereocenters. The highest BCUT2D eigenvalue weighted by molar-refractivity contribution is 7.86. The summed E-state index contributed by atoms with van der Waals surface area (Å²) in [6, 6.07) is 0.883. The lowest BCUT2D eigenvalue weighted by Crippen LogP contribution is -2.27. The number of nitrogens with one attached hydrogen (secondary N) is 2. The van der Waals surface area contributed by atoms with E-state index in [0.29, 0.717) is 0 Å². The Morgan fingerprint density at radius 1 is 1.56 bits per heavy atom. The van der Waals surface area contributed by atoms with Gasteiger partial charge in [0.1, 0.15) is 10.6 Å². The number of hydrogen-bond acceptors (Lipinski definition) is 4. The van der Waals surface area contributed by atoms with E-state index in [1.807, 2.05) is 0 Å². The molecule has 1 aromatic heterocycles. The lowest BCUT2D eigenvalue weighted by molar-refractivity contribution is -0.000102. The van der Waals surface area contributed by atoms with E-state index in [4.69, 9.17) is 4.84 Å². The van der Waals surface area contributed by atoms with Crippen LogP contribution in [0.3, 0.4) is 0 Å². The third kappa shape index (κ3) is 3.31. The molecular weight excluding hydrogens is 239 g/mol. The maximum absolute atomic E-state index is 12.5. The lowest BCUT2D eigenvalue weighted by atomic mass is 10.4. The van der Waals surface area contributed by atoms with E-state index < -0.39 is 21.0 Å². The van der Waals surface area contributed by atoms with Crippen LogP contribution in [0.1, 0.15) is 24.3 Å². The highest BCUT2D eigenvalue weighted by Crippen LogP contribution is 2.13. The van der Waals surface area contributed by atoms with E-state index in [9.17, 15) is 17.1 Å². The summed E-state index contributed by atoms with van der Waals surface area (Å²) >= 11 is 0. The van der Waals surface area contributed by atoms with Gasteiger partial charge in [0, 0.05) is 6.20 Å². The number of halogens is 1. The van der Waals surface area contributed by atoms with E-state index >= 15 is 0 Å². The quantitative estimate of drug-likeness (QED) is 0.609. The molecule has 1 heterocycles. The van der Waals surface area contributed by atoms with Crippen LogP contribution in [-0.4, -0.2) is 25.4 Å². The summed E-state index contributed by atoms with van der Waals surface area (Å²) in [5.74, 6) is -0.677. The monoisotopic (exact) mass is 250 g/mol. The summed E-state index contributed by atoms with van der Waals surface area (Å²) in [5.41, 5.74) is 1.98. The van der Waals surface area contributed by atoms with Crippen molar-refractivity contribution in [2.45, 2.75) is 24.8 Å². The lowest BCUT2D eigenvalue weighted by Gasteiger charge is -2.06. The summed E-state index contributed by atoms with van der Waals surface area (Å²) in [6.07, 6.45) is 0.669. The van der Waals surface area contributed by atoms with Crippen LogP contribution < -0.4 is 5.48 Å². The Labute approximate surface area is 92.0 Å². The standard InChI is InChI=1S/C8H11FN2O4S/c1-5(2)15-11-8(12)7-3-6(4-10-7)16(9,13)14/h3-5,10H,1-2H3,(H,11,12). The van der Waals surface area contributed by atoms with Crippen molar-refractivity contribution in [3.8, 4) is 0 Å². The summed E-state index contributed by atoms with van der Waals surface area (Å²) in [7, 11) is -4.80. The molecule has 0 aromatic carbocycles. The van der Waals surface area contributed by atoms with Crippen LogP contribution in [0.5, 0.6) is 0 Å². The molecule has 1 amide bonds. The molecule has 0 aliphatic carbocycles. The summed E-state index contributed by atoms with van der Waals surface area (Å²) < 4.78 is 33.5. The van der Waals surface area contributed by atoms with Gasteiger partial charge in [0.2, 0.25) is 0 Å². The normalized spacial score (nSPS) is 11.8. The van der Waals surface area contributed by atoms with Crippen LogP contribution in [0.2, 0.25) is 0 Å². The first kappa shape index (κ1) is 12.7. The van der Waals surface area contributed by atoms with E-state index in [1.54, 1.807) is 13.8 Å². The summed E-state index contributed by atoms with van der Waals surface area (Å²) in [6.45, 7) is 3.40. The van der Waals surface area contributed by atoms with Crippen molar-refractivity contribution in [3.05, 3.63) is 18.0 Å². The van der Waals surface area contributed by atoms with Crippen LogP contribution in [0, 0.1) is 0 Å². The van der Waals surface area contributed by atoms with Gasteiger partial charge in [-0.2, -0.15) is 8.42 Å². The van der Waals surface area contributed by atoms with E-state index in [1.165, 1.54) is 0 Å². The topological polar surface area (TPSA) is 88.3 Å². The number of H-pyrrole nitrogens is 1. The molecule has 90 valence electrons. The van der Waals surface area contributed by atoms with Crippen molar-refractivity contribution in [2.24, 2.45) is 0 Å². The van der Waals surface area contributed by atoms with Crippen LogP contribution in [0.15, 0.2) is 17.2 Å². The van der Waals surface area contributed by atoms with Crippen LogP contribution in [0.4, 0.5) is 3.89 Å². The Bertz CT molecular complexity index is 480. The first-order valence-corrected chi connectivity index (χ1v) is 5.78. The van der Waals surface area contributed by atoms with Gasteiger partial charge >= 0.3 is 10.2 Å². The van der Waals surface area contributed by atoms with Gasteiger partial charge in [0.05, 0.1) is 6.10 Å². The second-order valence-corrected chi connectivity index (χ2v) is 4.63. The number of carbonyl (C=O) groups excluding carboxylic acids is 1. The summed E-state index contributed by atoms with van der Waals surface area (Å²) in [4.78, 5) is 17.8. The van der Waals surface area contributed by atoms with Gasteiger partial charge in [-0.3, -0.25) is 9.63 Å². The molecule has 0 saturated heterocycles. The van der Waals surface area contributed by atoms with Crippen molar-refractivity contribution in [3.63, 3.8) is 0 Å². The molecule has 0 fully saturated rings. The van der Waals surface area contributed by atoms with Gasteiger partial charge in [-0.1, -0.05) is 0 Å². The Balaban J connectivity index is 2.75. The molecule has 0 spiro atoms. The van der Waals surface area contributed by atoms with Crippen molar-refractivity contribution in [1.82, 2.24) is 10.5 Å². The second kappa shape index (κ2) is 4.62. The molecule has 0 unspecified atom stereocenters. The Hall–Kier alpha value is -1.41. The maximum Gasteiger partial charge on any atom is 0.333 e. The molecule has 0 saturated carbocycles. The zero-order valence-corrected chi connectivity index (χ0v) is 9.47. The largest absolute Gasteiger partial charge is 0.356 e. The number of carbonyl (C=O) groups is 1. The minimum atomic E-state index is -4.80. The molecule has 1 aromatic rings. The predicted octanol–water partition coefficient (Wildman–Crippen LogP) is 0.743. The SMILES string of the molecule is CC(C)ONC(=O)c1cc(S(=O)(=O)F)c[nH]1. The first-order valence-electron chi connectivity index (χ1n) is 4.40. The zero-order valence-electron chi connectivity index (χ0n) is 8.65. The molecule has 2 N–H and O–H groups in total. The highest BCUT2D eigenvalue weighted by atomic mass is 32.3. The number of hydroxylamine groups is 1. The van der Waals surface area contributed by atoms with E-state index in [-0.39, 0.29) is 11.8 Å². The number of amides is 1. The predicted molar refractivity (Wildman–Crippen MR) is 52.8 cm³/mol. The van der Waals surface area contributed by atoms with Gasteiger partial charge in [0.15, 0.2) is 0 Å².